The van der Waals surface area contributed by atoms with E-state index in [1.165, 1.54) is 5.56 Å². The summed E-state index contributed by atoms with van der Waals surface area (Å²) in [5, 5.41) is 16.1. The van der Waals surface area contributed by atoms with Crippen molar-refractivity contribution >= 4 is 29.9 Å². The molecule has 33 heavy (non-hydrogen) atoms. The smallest absolute Gasteiger partial charge is 0.191 e. The highest BCUT2D eigenvalue weighted by Crippen LogP contribution is 2.17. The molecule has 1 atom stereocenters. The number of guanidine groups is 1. The molecule has 3 N–H and O–H groups in total. The van der Waals surface area contributed by atoms with Gasteiger partial charge in [0.25, 0.3) is 0 Å². The van der Waals surface area contributed by atoms with Crippen molar-refractivity contribution in [3.8, 4) is 0 Å². The first-order valence-electron chi connectivity index (χ1n) is 12.6. The molecule has 0 aromatic heterocycles. The van der Waals surface area contributed by atoms with Crippen LogP contribution in [0, 0.1) is 11.8 Å². The average molecular weight is 575 g/mol. The van der Waals surface area contributed by atoms with Gasteiger partial charge < -0.3 is 20.5 Å². The van der Waals surface area contributed by atoms with Crippen LogP contribution in [0.1, 0.15) is 58.4 Å². The van der Waals surface area contributed by atoms with E-state index in [4.69, 9.17) is 9.73 Å². The minimum absolute atomic E-state index is 0. The molecule has 0 amide bonds. The number of likely N-dealkylation sites (tertiary alicyclic amines) is 1. The van der Waals surface area contributed by atoms with Crippen molar-refractivity contribution in [1.29, 1.82) is 0 Å². The Morgan fingerprint density at radius 2 is 1.91 bits per heavy atom. The molecule has 1 aliphatic heterocycles. The molecule has 190 valence electrons. The van der Waals surface area contributed by atoms with Crippen LogP contribution in [0.2, 0.25) is 0 Å². The average Bonchev–Trinajstić information content (AvgIpc) is 2.78. The zero-order chi connectivity index (χ0) is 23.0. The van der Waals surface area contributed by atoms with Crippen molar-refractivity contribution in [2.75, 3.05) is 45.9 Å². The fourth-order valence-corrected chi connectivity index (χ4v) is 4.30. The van der Waals surface area contributed by atoms with Crippen LogP contribution in [-0.4, -0.2) is 68.0 Å². The Morgan fingerprint density at radius 1 is 1.18 bits per heavy atom. The van der Waals surface area contributed by atoms with Crippen LogP contribution < -0.4 is 10.6 Å². The molecule has 7 heteroatoms. The van der Waals surface area contributed by atoms with E-state index in [-0.39, 0.29) is 30.6 Å². The summed E-state index contributed by atoms with van der Waals surface area (Å²) in [5.41, 5.74) is 1.39. The molecule has 1 saturated heterocycles. The predicted octanol–water partition coefficient (Wildman–Crippen LogP) is 4.28. The monoisotopic (exact) mass is 574 g/mol. The van der Waals surface area contributed by atoms with E-state index in [1.807, 2.05) is 0 Å². The van der Waals surface area contributed by atoms with Crippen molar-refractivity contribution in [1.82, 2.24) is 15.5 Å². The molecule has 2 rings (SSSR count). The number of benzene rings is 1. The van der Waals surface area contributed by atoms with Gasteiger partial charge in [0.1, 0.15) is 0 Å². The summed E-state index contributed by atoms with van der Waals surface area (Å²) in [5.74, 6) is 1.93. The van der Waals surface area contributed by atoms with Gasteiger partial charge in [-0.1, -0.05) is 44.2 Å². The molecule has 0 saturated carbocycles. The number of nitrogens with one attached hydrogen (secondary N) is 2. The maximum absolute atomic E-state index is 9.31. The second-order valence-corrected chi connectivity index (χ2v) is 9.34. The predicted molar refractivity (Wildman–Crippen MR) is 149 cm³/mol. The summed E-state index contributed by atoms with van der Waals surface area (Å²) in [4.78, 5) is 7.28. The number of hydrogen-bond donors (Lipinski definition) is 3. The molecule has 1 aliphatic rings. The van der Waals surface area contributed by atoms with Crippen LogP contribution in [0.25, 0.3) is 0 Å². The molecular formula is C26H47IN4O2. The number of aliphatic hydroxyl groups excluding tert-OH is 1. The normalized spacial score (nSPS) is 16.5. The zero-order valence-corrected chi connectivity index (χ0v) is 23.3. The lowest BCUT2D eigenvalue weighted by atomic mass is 9.94. The van der Waals surface area contributed by atoms with E-state index >= 15 is 0 Å². The molecule has 0 aliphatic carbocycles. The molecule has 1 heterocycles. The van der Waals surface area contributed by atoms with Crippen molar-refractivity contribution < 1.29 is 9.84 Å². The maximum Gasteiger partial charge on any atom is 0.191 e. The molecule has 6 nitrogen and oxygen atoms in total. The van der Waals surface area contributed by atoms with Crippen LogP contribution in [0.3, 0.4) is 0 Å². The molecule has 1 aromatic carbocycles. The van der Waals surface area contributed by atoms with Crippen LogP contribution in [0.15, 0.2) is 35.3 Å². The summed E-state index contributed by atoms with van der Waals surface area (Å²) < 4.78 is 6.14. The second kappa shape index (κ2) is 18.4. The second-order valence-electron chi connectivity index (χ2n) is 9.34. The SMILES string of the molecule is CCNC(=NCC(CCO)CC(C)C)NCCCOC1CCN(Cc2ccccc2)CC1.I. The molecule has 0 radical (unpaired) electrons. The first-order valence-corrected chi connectivity index (χ1v) is 12.6. The highest BCUT2D eigenvalue weighted by atomic mass is 127. The van der Waals surface area contributed by atoms with E-state index in [0.717, 1.165) is 83.9 Å². The van der Waals surface area contributed by atoms with Gasteiger partial charge in [0.15, 0.2) is 5.96 Å². The fraction of sp³-hybridized carbons (Fsp3) is 0.731. The Labute approximate surface area is 219 Å². The molecule has 1 fully saturated rings. The number of piperidine rings is 1. The van der Waals surface area contributed by atoms with Gasteiger partial charge in [-0.05, 0) is 56.4 Å². The Hall–Kier alpha value is -0.900. The van der Waals surface area contributed by atoms with Crippen LogP contribution in [-0.2, 0) is 11.3 Å². The molecule has 0 spiro atoms. The Balaban J connectivity index is 0.00000544. The number of aliphatic hydroxyl groups is 1. The standard InChI is InChI=1S/C26H46N4O2.HI/c1-4-27-26(29-20-24(13-17-31)19-22(2)3)28-14-8-18-32-25-11-15-30(16-12-25)21-23-9-6-5-7-10-23;/h5-7,9-10,22,24-25,31H,4,8,11-21H2,1-3H3,(H2,27,28,29);1H. The summed E-state index contributed by atoms with van der Waals surface area (Å²) in [7, 11) is 0. The third-order valence-corrected chi connectivity index (χ3v) is 5.94. The van der Waals surface area contributed by atoms with Gasteiger partial charge in [0.2, 0.25) is 0 Å². The number of rotatable bonds is 14. The van der Waals surface area contributed by atoms with Gasteiger partial charge in [-0.15, -0.1) is 24.0 Å². The van der Waals surface area contributed by atoms with Gasteiger partial charge in [-0.2, -0.15) is 0 Å². The quantitative estimate of drug-likeness (QED) is 0.134. The minimum Gasteiger partial charge on any atom is -0.396 e. The van der Waals surface area contributed by atoms with Crippen LogP contribution in [0.4, 0.5) is 0 Å². The van der Waals surface area contributed by atoms with E-state index in [0.29, 0.717) is 17.9 Å². The summed E-state index contributed by atoms with van der Waals surface area (Å²) in [6.45, 7) is 13.3. The number of hydrogen-bond acceptors (Lipinski definition) is 4. The van der Waals surface area contributed by atoms with Crippen molar-refractivity contribution in [3.63, 3.8) is 0 Å². The first-order chi connectivity index (χ1) is 15.6. The van der Waals surface area contributed by atoms with Crippen molar-refractivity contribution in [3.05, 3.63) is 35.9 Å². The molecular weight excluding hydrogens is 527 g/mol. The number of ether oxygens (including phenoxy) is 1. The first kappa shape index (κ1) is 30.1. The van der Waals surface area contributed by atoms with Crippen molar-refractivity contribution in [2.45, 2.75) is 65.5 Å². The maximum atomic E-state index is 9.31. The summed E-state index contributed by atoms with van der Waals surface area (Å²) >= 11 is 0. The molecule has 1 aromatic rings. The minimum atomic E-state index is 0. The van der Waals surface area contributed by atoms with Crippen LogP contribution >= 0.6 is 24.0 Å². The van der Waals surface area contributed by atoms with Gasteiger partial charge in [-0.25, -0.2) is 0 Å². The third-order valence-electron chi connectivity index (χ3n) is 5.94. The Bertz CT molecular complexity index is 622. The highest BCUT2D eigenvalue weighted by molar-refractivity contribution is 14.0. The van der Waals surface area contributed by atoms with Gasteiger partial charge in [0.05, 0.1) is 6.10 Å². The Morgan fingerprint density at radius 3 is 2.55 bits per heavy atom. The van der Waals surface area contributed by atoms with Gasteiger partial charge in [0, 0.05) is 52.5 Å². The van der Waals surface area contributed by atoms with E-state index in [1.54, 1.807) is 0 Å². The van der Waals surface area contributed by atoms with E-state index in [9.17, 15) is 5.11 Å². The van der Waals surface area contributed by atoms with Gasteiger partial charge >= 0.3 is 0 Å². The third kappa shape index (κ3) is 13.5. The summed E-state index contributed by atoms with van der Waals surface area (Å²) in [6, 6.07) is 10.7. The number of aliphatic imine (C=N–C) groups is 1. The van der Waals surface area contributed by atoms with Gasteiger partial charge in [-0.3, -0.25) is 9.89 Å². The fourth-order valence-electron chi connectivity index (χ4n) is 4.30. The highest BCUT2D eigenvalue weighted by Gasteiger charge is 2.19. The zero-order valence-electron chi connectivity index (χ0n) is 21.0. The number of nitrogens with zero attached hydrogens (tertiary/aromatic N) is 2. The lowest BCUT2D eigenvalue weighted by Gasteiger charge is -2.32. The van der Waals surface area contributed by atoms with Crippen molar-refractivity contribution in [2.24, 2.45) is 16.8 Å². The lowest BCUT2D eigenvalue weighted by molar-refractivity contribution is 0.00534. The van der Waals surface area contributed by atoms with Crippen LogP contribution in [0.5, 0.6) is 0 Å². The lowest BCUT2D eigenvalue weighted by Crippen LogP contribution is -2.39. The van der Waals surface area contributed by atoms with E-state index in [2.05, 4.69) is 66.6 Å². The van der Waals surface area contributed by atoms with E-state index < -0.39 is 0 Å². The summed E-state index contributed by atoms with van der Waals surface area (Å²) in [6.07, 6.45) is 5.51. The Kier molecular flexibility index (Phi) is 16.8. The molecule has 1 unspecified atom stereocenters. The molecule has 0 bridgehead atoms. The number of halogens is 1. The topological polar surface area (TPSA) is 69.1 Å². The largest absolute Gasteiger partial charge is 0.396 e.